The molecule has 14 heavy (non-hydrogen) atoms. The van der Waals surface area contributed by atoms with Gasteiger partial charge < -0.3 is 11.1 Å². The highest BCUT2D eigenvalue weighted by Crippen LogP contribution is 2.32. The second-order valence-electron chi connectivity index (χ2n) is 2.85. The number of nitrogen functional groups attached to an aromatic ring is 1. The minimum atomic E-state index is -2.62. The number of nitrogens with two attached hydrogens (primary N) is 1. The van der Waals surface area contributed by atoms with E-state index in [0.717, 1.165) is 6.21 Å². The number of hydrogen-bond donors (Lipinski definition) is 2. The Morgan fingerprint density at radius 1 is 1.57 bits per heavy atom. The average Bonchev–Trinajstić information content (AvgIpc) is 2.13. The lowest BCUT2D eigenvalue weighted by molar-refractivity contribution is 0.151. The van der Waals surface area contributed by atoms with E-state index in [1.807, 2.05) is 0 Å². The molecule has 0 aliphatic carbocycles. The third kappa shape index (κ3) is 1.77. The number of rotatable bonds is 2. The van der Waals surface area contributed by atoms with Crippen molar-refractivity contribution in [3.05, 3.63) is 27.2 Å². The molecule has 76 valence electrons. The molecule has 0 saturated carbocycles. The van der Waals surface area contributed by atoms with Crippen molar-refractivity contribution in [2.75, 3.05) is 5.73 Å². The maximum atomic E-state index is 12.5. The minimum Gasteiger partial charge on any atom is -0.398 e. The Bertz CT molecular complexity index is 378. The standard InChI is InChI=1S/C9H9BrF2N2/c1-4-7(10)2-5(9(11)12)6(3-13)8(4)14/h2-3,9,13H,14H2,1H3. The third-order valence-electron chi connectivity index (χ3n) is 2.03. The molecule has 0 saturated heterocycles. The number of benzene rings is 1. The van der Waals surface area contributed by atoms with Gasteiger partial charge in [0.2, 0.25) is 0 Å². The zero-order chi connectivity index (χ0) is 10.9. The van der Waals surface area contributed by atoms with Crippen LogP contribution in [0.4, 0.5) is 14.5 Å². The van der Waals surface area contributed by atoms with E-state index in [1.165, 1.54) is 6.07 Å². The number of halogens is 3. The summed E-state index contributed by atoms with van der Waals surface area (Å²) in [5.74, 6) is 0. The number of anilines is 1. The van der Waals surface area contributed by atoms with Crippen molar-refractivity contribution in [1.29, 1.82) is 5.41 Å². The first-order valence-corrected chi connectivity index (χ1v) is 4.65. The SMILES string of the molecule is Cc1c(Br)cc(C(F)F)c(C=N)c1N. The van der Waals surface area contributed by atoms with Crippen LogP contribution in [0, 0.1) is 12.3 Å². The van der Waals surface area contributed by atoms with Crippen LogP contribution in [0.3, 0.4) is 0 Å². The van der Waals surface area contributed by atoms with E-state index >= 15 is 0 Å². The van der Waals surface area contributed by atoms with Gasteiger partial charge in [0.25, 0.3) is 6.43 Å². The van der Waals surface area contributed by atoms with Crippen LogP contribution in [0.2, 0.25) is 0 Å². The predicted molar refractivity (Wildman–Crippen MR) is 56.1 cm³/mol. The van der Waals surface area contributed by atoms with E-state index < -0.39 is 6.43 Å². The average molecular weight is 263 g/mol. The van der Waals surface area contributed by atoms with E-state index in [4.69, 9.17) is 11.1 Å². The topological polar surface area (TPSA) is 49.9 Å². The van der Waals surface area contributed by atoms with Gasteiger partial charge in [0.05, 0.1) is 0 Å². The van der Waals surface area contributed by atoms with Crippen molar-refractivity contribution in [3.8, 4) is 0 Å². The summed E-state index contributed by atoms with van der Waals surface area (Å²) in [5.41, 5.74) is 6.40. The Morgan fingerprint density at radius 2 is 2.14 bits per heavy atom. The highest BCUT2D eigenvalue weighted by molar-refractivity contribution is 9.10. The summed E-state index contributed by atoms with van der Waals surface area (Å²) in [6.45, 7) is 1.71. The van der Waals surface area contributed by atoms with Gasteiger partial charge in [-0.2, -0.15) is 0 Å². The zero-order valence-electron chi connectivity index (χ0n) is 7.44. The molecule has 0 atom stereocenters. The Kier molecular flexibility index (Phi) is 3.21. The molecule has 0 bridgehead atoms. The van der Waals surface area contributed by atoms with Crippen molar-refractivity contribution >= 4 is 27.8 Å². The lowest BCUT2D eigenvalue weighted by Crippen LogP contribution is -2.02. The largest absolute Gasteiger partial charge is 0.398 e. The molecule has 0 spiro atoms. The Morgan fingerprint density at radius 3 is 2.57 bits per heavy atom. The molecule has 1 aromatic carbocycles. The van der Waals surface area contributed by atoms with E-state index in [-0.39, 0.29) is 16.8 Å². The van der Waals surface area contributed by atoms with Crippen molar-refractivity contribution in [2.45, 2.75) is 13.3 Å². The molecule has 5 heteroatoms. The van der Waals surface area contributed by atoms with Crippen molar-refractivity contribution in [2.24, 2.45) is 0 Å². The summed E-state index contributed by atoms with van der Waals surface area (Å²) in [6, 6.07) is 1.30. The van der Waals surface area contributed by atoms with Crippen molar-refractivity contribution in [1.82, 2.24) is 0 Å². The minimum absolute atomic E-state index is 0.0979. The van der Waals surface area contributed by atoms with Gasteiger partial charge >= 0.3 is 0 Å². The first kappa shape index (κ1) is 11.1. The smallest absolute Gasteiger partial charge is 0.264 e. The van der Waals surface area contributed by atoms with E-state index in [9.17, 15) is 8.78 Å². The second kappa shape index (κ2) is 4.04. The second-order valence-corrected chi connectivity index (χ2v) is 3.70. The molecule has 0 unspecified atom stereocenters. The normalized spacial score (nSPS) is 10.6. The van der Waals surface area contributed by atoms with Gasteiger partial charge in [0.1, 0.15) is 0 Å². The Labute approximate surface area is 88.8 Å². The summed E-state index contributed by atoms with van der Waals surface area (Å²) >= 11 is 3.14. The molecule has 0 fully saturated rings. The summed E-state index contributed by atoms with van der Waals surface area (Å²) in [7, 11) is 0. The molecule has 2 nitrogen and oxygen atoms in total. The van der Waals surface area contributed by atoms with Crippen LogP contribution in [0.5, 0.6) is 0 Å². The fourth-order valence-corrected chi connectivity index (χ4v) is 1.61. The van der Waals surface area contributed by atoms with E-state index in [1.54, 1.807) is 6.92 Å². The monoisotopic (exact) mass is 262 g/mol. The molecular formula is C9H9BrF2N2. The maximum Gasteiger partial charge on any atom is 0.264 e. The fraction of sp³-hybridized carbons (Fsp3) is 0.222. The van der Waals surface area contributed by atoms with E-state index in [0.29, 0.717) is 10.0 Å². The molecule has 0 heterocycles. The van der Waals surface area contributed by atoms with Crippen LogP contribution in [0.1, 0.15) is 23.1 Å². The van der Waals surface area contributed by atoms with Gasteiger partial charge in [-0.05, 0) is 18.6 Å². The number of nitrogens with one attached hydrogen (secondary N) is 1. The highest BCUT2D eigenvalue weighted by atomic mass is 79.9. The maximum absolute atomic E-state index is 12.5. The van der Waals surface area contributed by atoms with Crippen LogP contribution < -0.4 is 5.73 Å². The molecule has 0 aliphatic heterocycles. The van der Waals surface area contributed by atoms with Crippen molar-refractivity contribution < 1.29 is 8.78 Å². The zero-order valence-corrected chi connectivity index (χ0v) is 9.03. The summed E-state index contributed by atoms with van der Waals surface area (Å²) in [5, 5.41) is 7.03. The highest BCUT2D eigenvalue weighted by Gasteiger charge is 2.17. The third-order valence-corrected chi connectivity index (χ3v) is 2.85. The van der Waals surface area contributed by atoms with E-state index in [2.05, 4.69) is 15.9 Å². The van der Waals surface area contributed by atoms with Crippen LogP contribution in [0.15, 0.2) is 10.5 Å². The lowest BCUT2D eigenvalue weighted by atomic mass is 10.0. The first-order valence-electron chi connectivity index (χ1n) is 3.86. The van der Waals surface area contributed by atoms with Crippen LogP contribution in [-0.2, 0) is 0 Å². The molecule has 3 N–H and O–H groups in total. The van der Waals surface area contributed by atoms with Gasteiger partial charge in [0.15, 0.2) is 0 Å². The van der Waals surface area contributed by atoms with Gasteiger partial charge in [0, 0.05) is 27.5 Å². The molecule has 0 amide bonds. The number of alkyl halides is 2. The molecule has 0 radical (unpaired) electrons. The molecular weight excluding hydrogens is 254 g/mol. The van der Waals surface area contributed by atoms with Crippen LogP contribution >= 0.6 is 15.9 Å². The summed E-state index contributed by atoms with van der Waals surface area (Å²) in [4.78, 5) is 0. The van der Waals surface area contributed by atoms with Gasteiger partial charge in [-0.1, -0.05) is 15.9 Å². The van der Waals surface area contributed by atoms with Gasteiger partial charge in [-0.15, -0.1) is 0 Å². The summed E-state index contributed by atoms with van der Waals surface area (Å²) in [6.07, 6.45) is -1.76. The number of hydrogen-bond acceptors (Lipinski definition) is 2. The first-order chi connectivity index (χ1) is 6.49. The van der Waals surface area contributed by atoms with Crippen LogP contribution in [0.25, 0.3) is 0 Å². The quantitative estimate of drug-likeness (QED) is 0.624. The lowest BCUT2D eigenvalue weighted by Gasteiger charge is -2.11. The predicted octanol–water partition coefficient (Wildman–Crippen LogP) is 3.27. The summed E-state index contributed by atoms with van der Waals surface area (Å²) < 4.78 is 25.6. The fourth-order valence-electron chi connectivity index (χ4n) is 1.15. The molecule has 0 aromatic heterocycles. The van der Waals surface area contributed by atoms with Crippen molar-refractivity contribution in [3.63, 3.8) is 0 Å². The van der Waals surface area contributed by atoms with Gasteiger partial charge in [-0.3, -0.25) is 0 Å². The molecule has 1 rings (SSSR count). The Balaban J connectivity index is 3.51. The van der Waals surface area contributed by atoms with Gasteiger partial charge in [-0.25, -0.2) is 8.78 Å². The van der Waals surface area contributed by atoms with Crippen LogP contribution in [-0.4, -0.2) is 6.21 Å². The molecule has 1 aromatic rings. The Hall–Kier alpha value is -0.970. The molecule has 0 aliphatic rings.